The molecular weight excluding hydrogens is 622 g/mol. The van der Waals surface area contributed by atoms with Crippen molar-refractivity contribution >= 4 is 5.97 Å². The lowest BCUT2D eigenvalue weighted by Crippen LogP contribution is -2.29. The molecule has 0 bridgehead atoms. The molecular formula is C44H87NO5. The normalized spacial score (nSPS) is 12.5. The number of nitrogens with zero attached hydrogens (tertiary/aromatic N) is 1. The summed E-state index contributed by atoms with van der Waals surface area (Å²) in [6, 6.07) is 0. The van der Waals surface area contributed by atoms with Crippen LogP contribution in [0.4, 0.5) is 0 Å². The van der Waals surface area contributed by atoms with Crippen molar-refractivity contribution in [3.63, 3.8) is 0 Å². The number of allylic oxidation sites excluding steroid dienone is 1. The smallest absolute Gasteiger partial charge is 0.306 e. The highest BCUT2D eigenvalue weighted by Gasteiger charge is 2.14. The fourth-order valence-electron chi connectivity index (χ4n) is 6.70. The van der Waals surface area contributed by atoms with Crippen molar-refractivity contribution in [2.75, 3.05) is 32.8 Å². The average Bonchev–Trinajstić information content (AvgIpc) is 3.11. The van der Waals surface area contributed by atoms with Crippen molar-refractivity contribution in [1.82, 2.24) is 4.90 Å². The Hall–Kier alpha value is -0.950. The van der Waals surface area contributed by atoms with Crippen LogP contribution in [0.15, 0.2) is 12.2 Å². The minimum Gasteiger partial charge on any atom is -0.462 e. The second-order valence-corrected chi connectivity index (χ2v) is 15.0. The zero-order valence-corrected chi connectivity index (χ0v) is 33.8. The van der Waals surface area contributed by atoms with Crippen molar-refractivity contribution in [1.29, 1.82) is 0 Å². The molecule has 0 aromatic carbocycles. The number of rotatable bonds is 41. The van der Waals surface area contributed by atoms with Crippen molar-refractivity contribution < 1.29 is 24.5 Å². The van der Waals surface area contributed by atoms with Crippen LogP contribution in [0, 0.1) is 0 Å². The molecule has 1 unspecified atom stereocenters. The van der Waals surface area contributed by atoms with Crippen LogP contribution in [-0.4, -0.2) is 66.3 Å². The lowest BCUT2D eigenvalue weighted by Gasteiger charge is -2.21. The molecule has 6 nitrogen and oxygen atoms in total. The van der Waals surface area contributed by atoms with Gasteiger partial charge < -0.3 is 24.6 Å². The summed E-state index contributed by atoms with van der Waals surface area (Å²) in [5.74, 6) is 0.0161. The topological polar surface area (TPSA) is 79.2 Å². The maximum Gasteiger partial charge on any atom is 0.306 e. The number of hydrogen-bond acceptors (Lipinski definition) is 6. The second kappa shape index (κ2) is 40.8. The zero-order valence-electron chi connectivity index (χ0n) is 33.8. The highest BCUT2D eigenvalue weighted by molar-refractivity contribution is 5.69. The average molecular weight is 710 g/mol. The van der Waals surface area contributed by atoms with E-state index in [0.717, 1.165) is 83.8 Å². The molecule has 0 saturated carbocycles. The molecule has 0 aliphatic rings. The first-order valence-corrected chi connectivity index (χ1v) is 22.0. The lowest BCUT2D eigenvalue weighted by atomic mass is 10.0. The Balaban J connectivity index is 3.96. The van der Waals surface area contributed by atoms with Crippen LogP contribution in [0.3, 0.4) is 0 Å². The van der Waals surface area contributed by atoms with Crippen LogP contribution in [0.2, 0.25) is 0 Å². The summed E-state index contributed by atoms with van der Waals surface area (Å²) in [6.07, 6.45) is 39.7. The van der Waals surface area contributed by atoms with E-state index in [-0.39, 0.29) is 18.7 Å². The van der Waals surface area contributed by atoms with Crippen LogP contribution in [0.25, 0.3) is 0 Å². The van der Waals surface area contributed by atoms with Gasteiger partial charge in [0.1, 0.15) is 6.10 Å². The number of aliphatic hydroxyl groups excluding tert-OH is 2. The van der Waals surface area contributed by atoms with E-state index in [9.17, 15) is 15.0 Å². The minimum absolute atomic E-state index is 0.0161. The van der Waals surface area contributed by atoms with Gasteiger partial charge in [0.05, 0.1) is 6.61 Å². The number of hydrogen-bond donors (Lipinski definition) is 2. The van der Waals surface area contributed by atoms with Crippen LogP contribution in [0.5, 0.6) is 0 Å². The van der Waals surface area contributed by atoms with Gasteiger partial charge in [-0.05, 0) is 77.3 Å². The van der Waals surface area contributed by atoms with Crippen LogP contribution < -0.4 is 0 Å². The largest absolute Gasteiger partial charge is 0.462 e. The zero-order chi connectivity index (χ0) is 36.6. The molecule has 298 valence electrons. The predicted octanol–water partition coefficient (Wildman–Crippen LogP) is 12.2. The van der Waals surface area contributed by atoms with E-state index in [0.29, 0.717) is 19.4 Å². The lowest BCUT2D eigenvalue weighted by molar-refractivity contribution is -0.150. The van der Waals surface area contributed by atoms with E-state index < -0.39 is 6.29 Å². The van der Waals surface area contributed by atoms with E-state index in [2.05, 4.69) is 37.8 Å². The third-order valence-electron chi connectivity index (χ3n) is 9.99. The van der Waals surface area contributed by atoms with E-state index in [1.165, 1.54) is 122 Å². The highest BCUT2D eigenvalue weighted by Crippen LogP contribution is 2.18. The summed E-state index contributed by atoms with van der Waals surface area (Å²) in [7, 11) is 0. The predicted molar refractivity (Wildman–Crippen MR) is 215 cm³/mol. The second-order valence-electron chi connectivity index (χ2n) is 15.0. The molecule has 0 fully saturated rings. The monoisotopic (exact) mass is 710 g/mol. The van der Waals surface area contributed by atoms with E-state index in [1.807, 2.05) is 0 Å². The van der Waals surface area contributed by atoms with Crippen LogP contribution >= 0.6 is 0 Å². The van der Waals surface area contributed by atoms with Gasteiger partial charge in [-0.15, -0.1) is 0 Å². The third-order valence-corrected chi connectivity index (χ3v) is 9.99. The van der Waals surface area contributed by atoms with Gasteiger partial charge in [-0.2, -0.15) is 0 Å². The summed E-state index contributed by atoms with van der Waals surface area (Å²) < 4.78 is 11.6. The number of esters is 1. The summed E-state index contributed by atoms with van der Waals surface area (Å²) in [5, 5.41) is 19.5. The quantitative estimate of drug-likeness (QED) is 0.0285. The van der Waals surface area contributed by atoms with Gasteiger partial charge in [0.2, 0.25) is 0 Å². The van der Waals surface area contributed by atoms with E-state index in [1.54, 1.807) is 0 Å². The van der Waals surface area contributed by atoms with Crippen LogP contribution in [0.1, 0.15) is 220 Å². The standard InChI is InChI=1S/C44H87NO5/c1-4-7-10-13-16-21-28-35-43(47)49-41-32-25-18-24-31-38-45(39-40-46)37-30-23-17-22-29-36-44(48)50-42(33-26-19-14-11-8-5-2)34-27-20-15-12-9-6-3/h21,28,42-43,46-47H,4-20,22-27,29-41H2,1-3H3/b28-21-. The molecule has 0 amide bonds. The number of carbonyl (C=O) groups excluding carboxylic acids is 1. The van der Waals surface area contributed by atoms with Crippen molar-refractivity contribution in [2.24, 2.45) is 0 Å². The molecule has 0 saturated heterocycles. The molecule has 50 heavy (non-hydrogen) atoms. The summed E-state index contributed by atoms with van der Waals surface area (Å²) in [5.41, 5.74) is 0. The molecule has 2 N–H and O–H groups in total. The molecule has 6 heteroatoms. The Morgan fingerprint density at radius 2 is 1.06 bits per heavy atom. The van der Waals surface area contributed by atoms with Gasteiger partial charge in [-0.3, -0.25) is 4.79 Å². The van der Waals surface area contributed by atoms with Gasteiger partial charge in [-0.1, -0.05) is 155 Å². The van der Waals surface area contributed by atoms with Crippen LogP contribution in [-0.2, 0) is 14.3 Å². The third kappa shape index (κ3) is 36.8. The van der Waals surface area contributed by atoms with Gasteiger partial charge in [0.25, 0.3) is 0 Å². The van der Waals surface area contributed by atoms with Gasteiger partial charge >= 0.3 is 5.97 Å². The first kappa shape index (κ1) is 49.0. The maximum absolute atomic E-state index is 12.7. The fourth-order valence-corrected chi connectivity index (χ4v) is 6.70. The molecule has 0 rings (SSSR count). The van der Waals surface area contributed by atoms with Gasteiger partial charge in [-0.25, -0.2) is 0 Å². The highest BCUT2D eigenvalue weighted by atomic mass is 16.6. The fraction of sp³-hybridized carbons (Fsp3) is 0.932. The molecule has 0 aromatic heterocycles. The van der Waals surface area contributed by atoms with Gasteiger partial charge in [0, 0.05) is 26.0 Å². The SMILES string of the molecule is CCCCCC/C=C\CC(O)OCCCCCCCN(CCO)CCCCCCCC(=O)OC(CCCCCCCC)CCCCCCCC. The molecule has 0 aliphatic carbocycles. The first-order chi connectivity index (χ1) is 24.6. The number of unbranched alkanes of at least 4 members (excludes halogenated alkanes) is 22. The summed E-state index contributed by atoms with van der Waals surface area (Å²) in [4.78, 5) is 15.1. The Morgan fingerprint density at radius 3 is 1.62 bits per heavy atom. The van der Waals surface area contributed by atoms with Crippen molar-refractivity contribution in [3.8, 4) is 0 Å². The van der Waals surface area contributed by atoms with E-state index in [4.69, 9.17) is 9.47 Å². The molecule has 0 aliphatic heterocycles. The summed E-state index contributed by atoms with van der Waals surface area (Å²) >= 11 is 0. The number of ether oxygens (including phenoxy) is 2. The minimum atomic E-state index is -0.678. The Bertz CT molecular complexity index is 686. The Morgan fingerprint density at radius 1 is 0.580 bits per heavy atom. The van der Waals surface area contributed by atoms with Crippen molar-refractivity contribution in [3.05, 3.63) is 12.2 Å². The molecule has 1 atom stereocenters. The van der Waals surface area contributed by atoms with Gasteiger partial charge in [0.15, 0.2) is 6.29 Å². The number of carbonyl (C=O) groups is 1. The maximum atomic E-state index is 12.7. The Labute approximate surface area is 311 Å². The molecule has 0 heterocycles. The Kier molecular flexibility index (Phi) is 40.0. The summed E-state index contributed by atoms with van der Waals surface area (Å²) in [6.45, 7) is 10.4. The number of aliphatic hydroxyl groups is 2. The molecule has 0 spiro atoms. The van der Waals surface area contributed by atoms with Crippen molar-refractivity contribution in [2.45, 2.75) is 232 Å². The van der Waals surface area contributed by atoms with E-state index >= 15 is 0 Å². The molecule has 0 radical (unpaired) electrons. The molecule has 0 aromatic rings. The first-order valence-electron chi connectivity index (χ1n) is 22.0.